The van der Waals surface area contributed by atoms with E-state index in [-0.39, 0.29) is 17.9 Å². The van der Waals surface area contributed by atoms with Gasteiger partial charge < -0.3 is 10.2 Å². The van der Waals surface area contributed by atoms with E-state index in [2.05, 4.69) is 16.4 Å². The standard InChI is InChI=1S/C26H24N4O2/c1-18-5-2-3-7-23(18)25(31)29-22-12-15-30(16-13-22)26(32)20-10-8-19(9-11-20)24-21(17-27)6-4-14-28-24/h2-11,14,22H,12-13,15-16H2,1H3,(H,29,31). The lowest BCUT2D eigenvalue weighted by Crippen LogP contribution is -2.46. The number of hydrogen-bond donors (Lipinski definition) is 1. The van der Waals surface area contributed by atoms with Crippen molar-refractivity contribution in [3.63, 3.8) is 0 Å². The van der Waals surface area contributed by atoms with Crippen molar-refractivity contribution >= 4 is 11.8 Å². The van der Waals surface area contributed by atoms with Gasteiger partial charge in [0, 0.05) is 42.0 Å². The number of aromatic nitrogens is 1. The highest BCUT2D eigenvalue weighted by Gasteiger charge is 2.25. The molecule has 0 radical (unpaired) electrons. The van der Waals surface area contributed by atoms with Crippen molar-refractivity contribution in [1.82, 2.24) is 15.2 Å². The molecule has 0 atom stereocenters. The number of nitriles is 1. The molecule has 1 aromatic heterocycles. The minimum Gasteiger partial charge on any atom is -0.349 e. The highest BCUT2D eigenvalue weighted by Crippen LogP contribution is 2.22. The van der Waals surface area contributed by atoms with Crippen molar-refractivity contribution in [2.24, 2.45) is 0 Å². The minimum absolute atomic E-state index is 0.0262. The molecule has 2 heterocycles. The van der Waals surface area contributed by atoms with Crippen LogP contribution in [0.25, 0.3) is 11.3 Å². The largest absolute Gasteiger partial charge is 0.349 e. The highest BCUT2D eigenvalue weighted by atomic mass is 16.2. The monoisotopic (exact) mass is 424 g/mol. The number of aryl methyl sites for hydroxylation is 1. The van der Waals surface area contributed by atoms with Gasteiger partial charge >= 0.3 is 0 Å². The summed E-state index contributed by atoms with van der Waals surface area (Å²) in [5, 5.41) is 12.4. The van der Waals surface area contributed by atoms with Gasteiger partial charge in [-0.1, -0.05) is 30.3 Å². The lowest BCUT2D eigenvalue weighted by molar-refractivity contribution is 0.0698. The Morgan fingerprint density at radius 2 is 1.75 bits per heavy atom. The molecule has 0 saturated carbocycles. The first-order valence-electron chi connectivity index (χ1n) is 10.7. The number of nitrogens with one attached hydrogen (secondary N) is 1. The van der Waals surface area contributed by atoms with Crippen LogP contribution >= 0.6 is 0 Å². The third-order valence-corrected chi connectivity index (χ3v) is 5.84. The van der Waals surface area contributed by atoms with Crippen molar-refractivity contribution in [2.75, 3.05) is 13.1 Å². The summed E-state index contributed by atoms with van der Waals surface area (Å²) in [6.45, 7) is 3.12. The quantitative estimate of drug-likeness (QED) is 0.687. The van der Waals surface area contributed by atoms with Gasteiger partial charge in [0.25, 0.3) is 11.8 Å². The summed E-state index contributed by atoms with van der Waals surface area (Å²) in [6, 6.07) is 20.4. The molecule has 1 saturated heterocycles. The fraction of sp³-hybridized carbons (Fsp3) is 0.231. The van der Waals surface area contributed by atoms with E-state index in [4.69, 9.17) is 0 Å². The number of hydrogen-bond acceptors (Lipinski definition) is 4. The van der Waals surface area contributed by atoms with Gasteiger partial charge in [-0.05, 0) is 55.7 Å². The maximum absolute atomic E-state index is 12.9. The van der Waals surface area contributed by atoms with Crippen LogP contribution in [0, 0.1) is 18.3 Å². The molecule has 0 bridgehead atoms. The Bertz CT molecular complexity index is 1170. The number of amides is 2. The predicted molar refractivity (Wildman–Crippen MR) is 122 cm³/mol. The van der Waals surface area contributed by atoms with E-state index in [1.807, 2.05) is 48.2 Å². The molecule has 4 rings (SSSR count). The molecule has 1 aliphatic rings. The molecule has 6 heteroatoms. The summed E-state index contributed by atoms with van der Waals surface area (Å²) >= 11 is 0. The molecule has 0 spiro atoms. The van der Waals surface area contributed by atoms with Crippen molar-refractivity contribution < 1.29 is 9.59 Å². The van der Waals surface area contributed by atoms with Crippen LogP contribution in [0.1, 0.15) is 44.7 Å². The Balaban J connectivity index is 1.36. The van der Waals surface area contributed by atoms with Gasteiger partial charge in [-0.15, -0.1) is 0 Å². The molecule has 2 aromatic carbocycles. The number of carbonyl (C=O) groups excluding carboxylic acids is 2. The van der Waals surface area contributed by atoms with Crippen LogP contribution in [-0.2, 0) is 0 Å². The molecule has 160 valence electrons. The van der Waals surface area contributed by atoms with Crippen LogP contribution in [0.15, 0.2) is 66.9 Å². The van der Waals surface area contributed by atoms with Crippen LogP contribution in [0.5, 0.6) is 0 Å². The molecule has 1 N–H and O–H groups in total. The average Bonchev–Trinajstić information content (AvgIpc) is 2.84. The van der Waals surface area contributed by atoms with Gasteiger partial charge in [0.2, 0.25) is 0 Å². The van der Waals surface area contributed by atoms with E-state index < -0.39 is 0 Å². The summed E-state index contributed by atoms with van der Waals surface area (Å²) in [6.07, 6.45) is 3.10. The number of piperidine rings is 1. The first-order valence-corrected chi connectivity index (χ1v) is 10.7. The maximum atomic E-state index is 12.9. The zero-order valence-corrected chi connectivity index (χ0v) is 17.9. The molecule has 1 aliphatic heterocycles. The lowest BCUT2D eigenvalue weighted by atomic mass is 10.0. The third-order valence-electron chi connectivity index (χ3n) is 5.84. The SMILES string of the molecule is Cc1ccccc1C(=O)NC1CCN(C(=O)c2ccc(-c3ncccc3C#N)cc2)CC1. The Morgan fingerprint density at radius 1 is 1.03 bits per heavy atom. The second-order valence-corrected chi connectivity index (χ2v) is 7.94. The third kappa shape index (κ3) is 4.52. The summed E-state index contributed by atoms with van der Waals surface area (Å²) in [5.74, 6) is -0.0866. The highest BCUT2D eigenvalue weighted by molar-refractivity contribution is 5.96. The van der Waals surface area contributed by atoms with E-state index in [0.717, 1.165) is 24.0 Å². The van der Waals surface area contributed by atoms with Crippen LogP contribution < -0.4 is 5.32 Å². The fourth-order valence-electron chi connectivity index (χ4n) is 4.00. The van der Waals surface area contributed by atoms with E-state index >= 15 is 0 Å². The van der Waals surface area contributed by atoms with Crippen molar-refractivity contribution in [3.8, 4) is 17.3 Å². The molecule has 2 amide bonds. The van der Waals surface area contributed by atoms with Gasteiger partial charge in [0.05, 0.1) is 11.3 Å². The predicted octanol–water partition coefficient (Wildman–Crippen LogP) is 3.96. The summed E-state index contributed by atoms with van der Waals surface area (Å²) < 4.78 is 0. The number of nitrogens with zero attached hydrogens (tertiary/aromatic N) is 3. The lowest BCUT2D eigenvalue weighted by Gasteiger charge is -2.32. The maximum Gasteiger partial charge on any atom is 0.253 e. The molecule has 0 aliphatic carbocycles. The topological polar surface area (TPSA) is 86.1 Å². The molecular formula is C26H24N4O2. The van der Waals surface area contributed by atoms with E-state index in [1.165, 1.54) is 0 Å². The Hall–Kier alpha value is -3.98. The first kappa shape index (κ1) is 21.3. The Morgan fingerprint density at radius 3 is 2.44 bits per heavy atom. The average molecular weight is 425 g/mol. The van der Waals surface area contributed by atoms with E-state index in [1.54, 1.807) is 30.5 Å². The van der Waals surface area contributed by atoms with Gasteiger partial charge in [0.15, 0.2) is 0 Å². The van der Waals surface area contributed by atoms with Crippen molar-refractivity contribution in [2.45, 2.75) is 25.8 Å². The van der Waals surface area contributed by atoms with Crippen molar-refractivity contribution in [1.29, 1.82) is 5.26 Å². The number of likely N-dealkylation sites (tertiary alicyclic amines) is 1. The van der Waals surface area contributed by atoms with Crippen molar-refractivity contribution in [3.05, 3.63) is 89.1 Å². The first-order chi connectivity index (χ1) is 15.6. The summed E-state index contributed by atoms with van der Waals surface area (Å²) in [4.78, 5) is 31.6. The Labute approximate surface area is 187 Å². The van der Waals surface area contributed by atoms with Crippen LogP contribution in [-0.4, -0.2) is 40.8 Å². The number of carbonyl (C=O) groups is 2. The van der Waals surface area contributed by atoms with Gasteiger partial charge in [-0.25, -0.2) is 0 Å². The molecule has 32 heavy (non-hydrogen) atoms. The van der Waals surface area contributed by atoms with E-state index in [9.17, 15) is 14.9 Å². The second-order valence-electron chi connectivity index (χ2n) is 7.94. The zero-order valence-electron chi connectivity index (χ0n) is 17.9. The molecule has 6 nitrogen and oxygen atoms in total. The molecule has 0 unspecified atom stereocenters. The number of benzene rings is 2. The smallest absolute Gasteiger partial charge is 0.253 e. The number of pyridine rings is 1. The van der Waals surface area contributed by atoms with Gasteiger partial charge in [-0.2, -0.15) is 5.26 Å². The van der Waals surface area contributed by atoms with Crippen LogP contribution in [0.4, 0.5) is 0 Å². The second kappa shape index (κ2) is 9.44. The summed E-state index contributed by atoms with van der Waals surface area (Å²) in [7, 11) is 0. The van der Waals surface area contributed by atoms with Crippen LogP contribution in [0.3, 0.4) is 0 Å². The fourth-order valence-corrected chi connectivity index (χ4v) is 4.00. The van der Waals surface area contributed by atoms with Gasteiger partial charge in [-0.3, -0.25) is 14.6 Å². The molecular weight excluding hydrogens is 400 g/mol. The minimum atomic E-state index is -0.0604. The molecule has 3 aromatic rings. The summed E-state index contributed by atoms with van der Waals surface area (Å²) in [5.41, 5.74) is 4.16. The van der Waals surface area contributed by atoms with Crippen LogP contribution in [0.2, 0.25) is 0 Å². The normalized spacial score (nSPS) is 13.9. The van der Waals surface area contributed by atoms with Gasteiger partial charge in [0.1, 0.15) is 6.07 Å². The Kier molecular flexibility index (Phi) is 6.27. The number of rotatable bonds is 4. The zero-order chi connectivity index (χ0) is 22.5. The van der Waals surface area contributed by atoms with E-state index in [0.29, 0.717) is 35.5 Å². The molecule has 1 fully saturated rings.